The highest BCUT2D eigenvalue weighted by atomic mass is 35.5. The molecule has 0 aliphatic heterocycles. The van der Waals surface area contributed by atoms with Gasteiger partial charge in [0.1, 0.15) is 6.04 Å². The molecule has 6 heteroatoms. The fourth-order valence-corrected chi connectivity index (χ4v) is 4.17. The van der Waals surface area contributed by atoms with Crippen molar-refractivity contribution in [2.24, 2.45) is 0 Å². The quantitative estimate of drug-likeness (QED) is 0.466. The van der Waals surface area contributed by atoms with Crippen LogP contribution in [-0.4, -0.2) is 35.1 Å². The molecule has 1 N–H and O–H groups in total. The molecule has 0 unspecified atom stereocenters. The number of carbonyl (C=O) groups excluding carboxylic acids is 2. The van der Waals surface area contributed by atoms with Gasteiger partial charge in [0.25, 0.3) is 0 Å². The topological polar surface area (TPSA) is 49.4 Å². The van der Waals surface area contributed by atoms with Gasteiger partial charge in [-0.15, -0.1) is 11.8 Å². The van der Waals surface area contributed by atoms with Gasteiger partial charge in [0.2, 0.25) is 11.8 Å². The Morgan fingerprint density at radius 2 is 1.80 bits per heavy atom. The van der Waals surface area contributed by atoms with Gasteiger partial charge < -0.3 is 10.2 Å². The Bertz CT molecular complexity index is 826. The molecule has 0 fully saturated rings. The van der Waals surface area contributed by atoms with Crippen molar-refractivity contribution in [2.75, 3.05) is 12.3 Å². The number of nitrogens with one attached hydrogen (secondary N) is 1. The average molecular weight is 447 g/mol. The van der Waals surface area contributed by atoms with Gasteiger partial charge in [-0.05, 0) is 43.5 Å². The molecule has 0 saturated heterocycles. The Morgan fingerprint density at radius 1 is 1.10 bits per heavy atom. The van der Waals surface area contributed by atoms with Crippen molar-refractivity contribution in [3.05, 3.63) is 64.7 Å². The smallest absolute Gasteiger partial charge is 0.242 e. The van der Waals surface area contributed by atoms with Crippen molar-refractivity contribution < 1.29 is 9.59 Å². The standard InChI is InChI=1S/C24H31ClN2O2S/c1-4-15-26-24(29)22(5-2)27(17-19-8-6-7-9-21(19)25)23(28)14-16-30-20-12-10-18(3)11-13-20/h6-13,22H,4-5,14-17H2,1-3H3,(H,26,29)/t22-/m0/s1. The zero-order valence-electron chi connectivity index (χ0n) is 18.0. The van der Waals surface area contributed by atoms with Crippen molar-refractivity contribution in [3.8, 4) is 0 Å². The summed E-state index contributed by atoms with van der Waals surface area (Å²) in [5.74, 6) is 0.521. The summed E-state index contributed by atoms with van der Waals surface area (Å²) in [6, 6.07) is 15.2. The Hall–Kier alpha value is -1.98. The number of hydrogen-bond donors (Lipinski definition) is 1. The number of hydrogen-bond acceptors (Lipinski definition) is 3. The maximum absolute atomic E-state index is 13.2. The van der Waals surface area contributed by atoms with Crippen LogP contribution in [0.3, 0.4) is 0 Å². The minimum Gasteiger partial charge on any atom is -0.354 e. The third-order valence-electron chi connectivity index (χ3n) is 4.84. The molecule has 30 heavy (non-hydrogen) atoms. The van der Waals surface area contributed by atoms with E-state index in [2.05, 4.69) is 36.5 Å². The predicted molar refractivity (Wildman–Crippen MR) is 126 cm³/mol. The highest BCUT2D eigenvalue weighted by Crippen LogP contribution is 2.23. The number of rotatable bonds is 11. The van der Waals surface area contributed by atoms with E-state index in [1.165, 1.54) is 5.56 Å². The van der Waals surface area contributed by atoms with Crippen LogP contribution in [0.5, 0.6) is 0 Å². The Balaban J connectivity index is 2.11. The van der Waals surface area contributed by atoms with Crippen molar-refractivity contribution >= 4 is 35.2 Å². The van der Waals surface area contributed by atoms with Crippen LogP contribution in [-0.2, 0) is 16.1 Å². The molecule has 0 heterocycles. The zero-order valence-corrected chi connectivity index (χ0v) is 19.6. The summed E-state index contributed by atoms with van der Waals surface area (Å²) < 4.78 is 0. The van der Waals surface area contributed by atoms with E-state index in [1.54, 1.807) is 16.7 Å². The van der Waals surface area contributed by atoms with Gasteiger partial charge in [0.15, 0.2) is 0 Å². The first kappa shape index (κ1) is 24.3. The lowest BCUT2D eigenvalue weighted by Gasteiger charge is -2.31. The van der Waals surface area contributed by atoms with Crippen molar-refractivity contribution in [1.29, 1.82) is 0 Å². The molecule has 2 amide bonds. The number of halogens is 1. The molecule has 0 spiro atoms. The number of carbonyl (C=O) groups is 2. The molecule has 0 bridgehead atoms. The summed E-state index contributed by atoms with van der Waals surface area (Å²) in [6.07, 6.45) is 1.77. The summed E-state index contributed by atoms with van der Waals surface area (Å²) in [7, 11) is 0. The molecule has 0 radical (unpaired) electrons. The first-order chi connectivity index (χ1) is 14.5. The SMILES string of the molecule is CCCNC(=O)[C@H](CC)N(Cc1ccccc1Cl)C(=O)CCSc1ccc(C)cc1. The van der Waals surface area contributed by atoms with Crippen LogP contribution in [0.2, 0.25) is 5.02 Å². The normalized spacial score (nSPS) is 11.7. The monoisotopic (exact) mass is 446 g/mol. The van der Waals surface area contributed by atoms with Crippen LogP contribution in [0.25, 0.3) is 0 Å². The third-order valence-corrected chi connectivity index (χ3v) is 6.22. The molecule has 162 valence electrons. The maximum atomic E-state index is 13.2. The van der Waals surface area contributed by atoms with Gasteiger partial charge >= 0.3 is 0 Å². The second-order valence-corrected chi connectivity index (χ2v) is 8.82. The third kappa shape index (κ3) is 7.37. The lowest BCUT2D eigenvalue weighted by molar-refractivity contribution is -0.141. The highest BCUT2D eigenvalue weighted by molar-refractivity contribution is 7.99. The van der Waals surface area contributed by atoms with E-state index >= 15 is 0 Å². The molecule has 4 nitrogen and oxygen atoms in total. The predicted octanol–water partition coefficient (Wildman–Crippen LogP) is 5.46. The van der Waals surface area contributed by atoms with Crippen LogP contribution in [0.4, 0.5) is 0 Å². The van der Waals surface area contributed by atoms with E-state index in [1.807, 2.05) is 38.1 Å². The maximum Gasteiger partial charge on any atom is 0.242 e. The van der Waals surface area contributed by atoms with Gasteiger partial charge in [-0.3, -0.25) is 9.59 Å². The number of nitrogens with zero attached hydrogens (tertiary/aromatic N) is 1. The van der Waals surface area contributed by atoms with E-state index in [0.29, 0.717) is 36.7 Å². The van der Waals surface area contributed by atoms with Gasteiger partial charge in [0, 0.05) is 35.2 Å². The van der Waals surface area contributed by atoms with Crippen molar-refractivity contribution in [3.63, 3.8) is 0 Å². The number of benzene rings is 2. The van der Waals surface area contributed by atoms with E-state index in [0.717, 1.165) is 16.9 Å². The molecule has 0 aromatic heterocycles. The number of amides is 2. The van der Waals surface area contributed by atoms with Crippen LogP contribution in [0, 0.1) is 6.92 Å². The summed E-state index contributed by atoms with van der Waals surface area (Å²) in [4.78, 5) is 28.7. The lowest BCUT2D eigenvalue weighted by Crippen LogP contribution is -2.49. The molecule has 2 rings (SSSR count). The van der Waals surface area contributed by atoms with Crippen molar-refractivity contribution in [1.82, 2.24) is 10.2 Å². The minimum atomic E-state index is -0.510. The largest absolute Gasteiger partial charge is 0.354 e. The van der Waals surface area contributed by atoms with Crippen LogP contribution in [0.15, 0.2) is 53.4 Å². The van der Waals surface area contributed by atoms with Gasteiger partial charge in [0.05, 0.1) is 0 Å². The molecular weight excluding hydrogens is 416 g/mol. The Kier molecular flexibility index (Phi) is 10.2. The second-order valence-electron chi connectivity index (χ2n) is 7.24. The van der Waals surface area contributed by atoms with Gasteiger partial charge in [-0.2, -0.15) is 0 Å². The molecule has 2 aromatic rings. The summed E-state index contributed by atoms with van der Waals surface area (Å²) in [5.41, 5.74) is 2.06. The Morgan fingerprint density at radius 3 is 2.43 bits per heavy atom. The fourth-order valence-electron chi connectivity index (χ4n) is 3.13. The van der Waals surface area contributed by atoms with Crippen molar-refractivity contribution in [2.45, 2.75) is 57.5 Å². The molecule has 1 atom stereocenters. The molecule has 0 saturated carbocycles. The van der Waals surface area contributed by atoms with Crippen LogP contribution in [0.1, 0.15) is 44.2 Å². The summed E-state index contributed by atoms with van der Waals surface area (Å²) in [6.45, 7) is 6.93. The highest BCUT2D eigenvalue weighted by Gasteiger charge is 2.28. The molecule has 0 aliphatic carbocycles. The number of aryl methyl sites for hydroxylation is 1. The molecular formula is C24H31ClN2O2S. The zero-order chi connectivity index (χ0) is 21.9. The van der Waals surface area contributed by atoms with E-state index in [9.17, 15) is 9.59 Å². The second kappa shape index (κ2) is 12.7. The van der Waals surface area contributed by atoms with Gasteiger partial charge in [-0.25, -0.2) is 0 Å². The van der Waals surface area contributed by atoms with E-state index in [4.69, 9.17) is 11.6 Å². The van der Waals surface area contributed by atoms with Crippen LogP contribution >= 0.6 is 23.4 Å². The first-order valence-electron chi connectivity index (χ1n) is 10.5. The van der Waals surface area contributed by atoms with E-state index in [-0.39, 0.29) is 11.8 Å². The summed E-state index contributed by atoms with van der Waals surface area (Å²) >= 11 is 7.99. The fraction of sp³-hybridized carbons (Fsp3) is 0.417. The average Bonchev–Trinajstić information content (AvgIpc) is 2.74. The minimum absolute atomic E-state index is 0.0342. The molecule has 0 aliphatic rings. The Labute approximate surface area is 189 Å². The lowest BCUT2D eigenvalue weighted by atomic mass is 10.1. The van der Waals surface area contributed by atoms with Crippen LogP contribution < -0.4 is 5.32 Å². The van der Waals surface area contributed by atoms with E-state index < -0.39 is 6.04 Å². The van der Waals surface area contributed by atoms with Gasteiger partial charge in [-0.1, -0.05) is 61.3 Å². The number of thioether (sulfide) groups is 1. The molecule has 2 aromatic carbocycles. The first-order valence-corrected chi connectivity index (χ1v) is 11.8. The summed E-state index contributed by atoms with van der Waals surface area (Å²) in [5, 5.41) is 3.54.